The Morgan fingerprint density at radius 2 is 1.78 bits per heavy atom. The fourth-order valence-corrected chi connectivity index (χ4v) is 3.68. The van der Waals surface area contributed by atoms with Crippen molar-refractivity contribution in [1.82, 2.24) is 9.88 Å². The van der Waals surface area contributed by atoms with Gasteiger partial charge in [0.25, 0.3) is 11.8 Å². The largest absolute Gasteiger partial charge is 0.416 e. The molecule has 1 aliphatic heterocycles. The average molecular weight is 441 g/mol. The number of halogens is 3. The molecule has 3 aromatic rings. The average Bonchev–Trinajstić information content (AvgIpc) is 3.08. The summed E-state index contributed by atoms with van der Waals surface area (Å²) >= 11 is 0. The number of urea groups is 1. The lowest BCUT2D eigenvalue weighted by Crippen LogP contribution is -2.54. The number of anilines is 1. The van der Waals surface area contributed by atoms with E-state index in [9.17, 15) is 27.6 Å². The summed E-state index contributed by atoms with van der Waals surface area (Å²) in [6.45, 7) is 2.74. The molecule has 1 fully saturated rings. The first-order valence-corrected chi connectivity index (χ1v) is 9.87. The summed E-state index contributed by atoms with van der Waals surface area (Å²) < 4.78 is 41.3. The lowest BCUT2D eigenvalue weighted by molar-refractivity contribution is -0.137. The topological polar surface area (TPSA) is 71.4 Å². The van der Waals surface area contributed by atoms with Crippen molar-refractivity contribution >= 4 is 40.5 Å². The predicted octanol–water partition coefficient (Wildman–Crippen LogP) is 4.74. The second-order valence-corrected chi connectivity index (χ2v) is 7.30. The number of benzene rings is 2. The fourth-order valence-electron chi connectivity index (χ4n) is 3.68. The Morgan fingerprint density at radius 1 is 1.03 bits per heavy atom. The van der Waals surface area contributed by atoms with Crippen LogP contribution in [-0.4, -0.2) is 22.4 Å². The number of aromatic nitrogens is 1. The first-order valence-electron chi connectivity index (χ1n) is 9.87. The van der Waals surface area contributed by atoms with Crippen LogP contribution in [0.1, 0.15) is 24.5 Å². The number of carbonyl (C=O) groups excluding carboxylic acids is 3. The zero-order valence-corrected chi connectivity index (χ0v) is 16.9. The SMILES string of the molecule is CCCn1cc(/C=C2\C(=O)NC(=O)N(c3cccc(C(F)(F)F)c3)C2=O)c2ccccc21. The van der Waals surface area contributed by atoms with E-state index < -0.39 is 29.6 Å². The van der Waals surface area contributed by atoms with Crippen molar-refractivity contribution < 1.29 is 27.6 Å². The van der Waals surface area contributed by atoms with Gasteiger partial charge >= 0.3 is 12.2 Å². The molecule has 1 aromatic heterocycles. The summed E-state index contributed by atoms with van der Waals surface area (Å²) in [4.78, 5) is 38.4. The molecule has 9 heteroatoms. The summed E-state index contributed by atoms with van der Waals surface area (Å²) in [5.74, 6) is -1.90. The van der Waals surface area contributed by atoms with Gasteiger partial charge in [0.2, 0.25) is 0 Å². The molecule has 164 valence electrons. The molecule has 0 unspecified atom stereocenters. The van der Waals surface area contributed by atoms with Crippen molar-refractivity contribution in [2.45, 2.75) is 26.1 Å². The van der Waals surface area contributed by atoms with Gasteiger partial charge in [0.1, 0.15) is 5.57 Å². The molecular weight excluding hydrogens is 423 g/mol. The molecule has 2 heterocycles. The summed E-state index contributed by atoms with van der Waals surface area (Å²) in [7, 11) is 0. The van der Waals surface area contributed by atoms with Gasteiger partial charge in [-0.05, 0) is 36.8 Å². The van der Waals surface area contributed by atoms with Crippen LogP contribution in [0, 0.1) is 0 Å². The van der Waals surface area contributed by atoms with Crippen molar-refractivity contribution in [2.75, 3.05) is 4.90 Å². The third-order valence-corrected chi connectivity index (χ3v) is 5.12. The maximum absolute atomic E-state index is 13.1. The van der Waals surface area contributed by atoms with Gasteiger partial charge in [-0.2, -0.15) is 13.2 Å². The molecule has 0 saturated carbocycles. The molecule has 1 aliphatic rings. The fraction of sp³-hybridized carbons (Fsp3) is 0.174. The van der Waals surface area contributed by atoms with Gasteiger partial charge in [-0.15, -0.1) is 0 Å². The van der Waals surface area contributed by atoms with Crippen LogP contribution in [0.25, 0.3) is 17.0 Å². The minimum atomic E-state index is -4.65. The van der Waals surface area contributed by atoms with E-state index in [0.29, 0.717) is 16.5 Å². The van der Waals surface area contributed by atoms with Gasteiger partial charge in [0.15, 0.2) is 0 Å². The molecule has 0 aliphatic carbocycles. The van der Waals surface area contributed by atoms with Crippen molar-refractivity contribution in [2.24, 2.45) is 0 Å². The van der Waals surface area contributed by atoms with Crippen LogP contribution in [0.15, 0.2) is 60.3 Å². The highest BCUT2D eigenvalue weighted by molar-refractivity contribution is 6.39. The van der Waals surface area contributed by atoms with Crippen LogP contribution in [-0.2, 0) is 22.3 Å². The van der Waals surface area contributed by atoms with E-state index in [4.69, 9.17) is 0 Å². The highest BCUT2D eigenvalue weighted by Gasteiger charge is 2.38. The van der Waals surface area contributed by atoms with Gasteiger partial charge in [-0.25, -0.2) is 9.69 Å². The van der Waals surface area contributed by atoms with E-state index in [1.807, 2.05) is 41.1 Å². The minimum Gasteiger partial charge on any atom is -0.347 e. The molecule has 4 rings (SSSR count). The van der Waals surface area contributed by atoms with Crippen molar-refractivity contribution in [1.29, 1.82) is 0 Å². The maximum atomic E-state index is 13.1. The second-order valence-electron chi connectivity index (χ2n) is 7.30. The normalized spacial score (nSPS) is 16.2. The molecular formula is C23H18F3N3O3. The lowest BCUT2D eigenvalue weighted by Gasteiger charge is -2.26. The van der Waals surface area contributed by atoms with Gasteiger partial charge in [0.05, 0.1) is 11.3 Å². The molecule has 0 radical (unpaired) electrons. The number of nitrogens with one attached hydrogen (secondary N) is 1. The number of para-hydroxylation sites is 1. The molecule has 1 saturated heterocycles. The quantitative estimate of drug-likeness (QED) is 0.470. The number of barbiturate groups is 1. The Labute approximate surface area is 180 Å². The monoisotopic (exact) mass is 441 g/mol. The molecule has 0 atom stereocenters. The number of nitrogens with zero attached hydrogens (tertiary/aromatic N) is 2. The third kappa shape index (κ3) is 3.77. The third-order valence-electron chi connectivity index (χ3n) is 5.12. The van der Waals surface area contributed by atoms with E-state index in [2.05, 4.69) is 0 Å². The second kappa shape index (κ2) is 7.99. The Kier molecular flexibility index (Phi) is 5.33. The number of amides is 4. The van der Waals surface area contributed by atoms with E-state index >= 15 is 0 Å². The summed E-state index contributed by atoms with van der Waals surface area (Å²) in [5, 5.41) is 2.84. The minimum absolute atomic E-state index is 0.283. The smallest absolute Gasteiger partial charge is 0.347 e. The maximum Gasteiger partial charge on any atom is 0.416 e. The number of fused-ring (bicyclic) bond motifs is 1. The summed E-state index contributed by atoms with van der Waals surface area (Å²) in [6, 6.07) is 10.2. The Hall–Kier alpha value is -3.88. The first kappa shape index (κ1) is 21.4. The molecule has 6 nitrogen and oxygen atoms in total. The standard InChI is InChI=1S/C23H18F3N3O3/c1-2-10-28-13-14(17-8-3-4-9-19(17)28)11-18-20(30)27-22(32)29(21(18)31)16-7-5-6-15(12-16)23(24,25)26/h3-9,11-13H,2,10H2,1H3,(H,27,30,32)/b18-11+. The van der Waals surface area contributed by atoms with Crippen LogP contribution in [0.4, 0.5) is 23.7 Å². The number of aryl methyl sites for hydroxylation is 1. The molecule has 0 spiro atoms. The van der Waals surface area contributed by atoms with Crippen LogP contribution in [0.5, 0.6) is 0 Å². The zero-order valence-electron chi connectivity index (χ0n) is 16.9. The Balaban J connectivity index is 1.79. The number of carbonyl (C=O) groups is 3. The van der Waals surface area contributed by atoms with E-state index in [1.54, 1.807) is 6.20 Å². The van der Waals surface area contributed by atoms with Gasteiger partial charge < -0.3 is 4.57 Å². The highest BCUT2D eigenvalue weighted by Crippen LogP contribution is 2.33. The lowest BCUT2D eigenvalue weighted by atomic mass is 10.1. The molecule has 1 N–H and O–H groups in total. The van der Waals surface area contributed by atoms with Crippen LogP contribution in [0.3, 0.4) is 0 Å². The highest BCUT2D eigenvalue weighted by atomic mass is 19.4. The van der Waals surface area contributed by atoms with Gasteiger partial charge in [0, 0.05) is 29.2 Å². The van der Waals surface area contributed by atoms with Crippen LogP contribution < -0.4 is 10.2 Å². The zero-order chi connectivity index (χ0) is 23.0. The molecule has 2 aromatic carbocycles. The summed E-state index contributed by atoms with van der Waals surface area (Å²) in [6.07, 6.45) is -0.626. The van der Waals surface area contributed by atoms with Crippen molar-refractivity contribution in [3.8, 4) is 0 Å². The number of rotatable bonds is 4. The van der Waals surface area contributed by atoms with E-state index in [1.165, 1.54) is 12.1 Å². The first-order chi connectivity index (χ1) is 15.2. The van der Waals surface area contributed by atoms with Gasteiger partial charge in [-0.3, -0.25) is 14.9 Å². The number of hydrogen-bond donors (Lipinski definition) is 1. The Morgan fingerprint density at radius 3 is 2.50 bits per heavy atom. The number of imide groups is 2. The number of hydrogen-bond acceptors (Lipinski definition) is 3. The molecule has 32 heavy (non-hydrogen) atoms. The van der Waals surface area contributed by atoms with Crippen LogP contribution in [0.2, 0.25) is 0 Å². The Bertz CT molecular complexity index is 1270. The van der Waals surface area contributed by atoms with Crippen molar-refractivity contribution in [3.63, 3.8) is 0 Å². The number of alkyl halides is 3. The predicted molar refractivity (Wildman–Crippen MR) is 113 cm³/mol. The van der Waals surface area contributed by atoms with E-state index in [-0.39, 0.29) is 11.3 Å². The van der Waals surface area contributed by atoms with E-state index in [0.717, 1.165) is 36.0 Å². The molecule has 0 bridgehead atoms. The summed E-state index contributed by atoms with van der Waals surface area (Å²) in [5.41, 5.74) is -0.141. The van der Waals surface area contributed by atoms with Crippen molar-refractivity contribution in [3.05, 3.63) is 71.4 Å². The van der Waals surface area contributed by atoms with Crippen LogP contribution >= 0.6 is 0 Å². The van der Waals surface area contributed by atoms with Gasteiger partial charge in [-0.1, -0.05) is 31.2 Å². The molecule has 4 amide bonds.